The molecule has 1 aliphatic heterocycles. The number of hydrogen-bond acceptors (Lipinski definition) is 6. The lowest BCUT2D eigenvalue weighted by molar-refractivity contribution is 0.599. The van der Waals surface area contributed by atoms with Crippen LogP contribution in [0.3, 0.4) is 0 Å². The second-order valence-corrected chi connectivity index (χ2v) is 8.79. The Kier molecular flexibility index (Phi) is 5.76. The van der Waals surface area contributed by atoms with E-state index >= 15 is 0 Å². The first-order valence-corrected chi connectivity index (χ1v) is 10.9. The third-order valence-electron chi connectivity index (χ3n) is 4.80. The molecule has 0 bridgehead atoms. The van der Waals surface area contributed by atoms with E-state index in [-0.39, 0.29) is 17.5 Å². The Morgan fingerprint density at radius 2 is 1.88 bits per heavy atom. The highest BCUT2D eigenvalue weighted by Gasteiger charge is 2.33. The Labute approximate surface area is 155 Å². The first-order chi connectivity index (χ1) is 12.5. The summed E-state index contributed by atoms with van der Waals surface area (Å²) in [6, 6.07) is 12.2. The largest absolute Gasteiger partial charge is 0.352 e. The Morgan fingerprint density at radius 3 is 2.50 bits per heavy atom. The van der Waals surface area contributed by atoms with Crippen LogP contribution in [0.4, 0.5) is 11.8 Å². The van der Waals surface area contributed by atoms with Gasteiger partial charge in [0.1, 0.15) is 5.82 Å². The van der Waals surface area contributed by atoms with E-state index in [1.165, 1.54) is 5.56 Å². The molecule has 1 saturated heterocycles. The molecule has 0 aliphatic carbocycles. The molecular weight excluding hydrogens is 348 g/mol. The highest BCUT2D eigenvalue weighted by Crippen LogP contribution is 2.23. The second-order valence-electron chi connectivity index (χ2n) is 6.56. The smallest absolute Gasteiger partial charge is 0.227 e. The number of nitrogens with zero attached hydrogens (tertiary/aromatic N) is 4. The van der Waals surface area contributed by atoms with Gasteiger partial charge in [0.2, 0.25) is 5.95 Å². The topological polar surface area (TPSA) is 66.4 Å². The minimum Gasteiger partial charge on any atom is -0.352 e. The summed E-state index contributed by atoms with van der Waals surface area (Å²) in [5.74, 6) is 1.91. The van der Waals surface area contributed by atoms with Crippen molar-refractivity contribution < 1.29 is 8.42 Å². The standard InChI is InChI=1S/C19H26N4O2S/c1-3-22(14-16-8-6-5-7-9-16)18-10-12-20-19(21-18)23(4-2)17-11-13-26(24,25)15-17/h5-10,12,17H,3-4,11,13-15H2,1-2H3. The van der Waals surface area contributed by atoms with Crippen LogP contribution in [0.25, 0.3) is 0 Å². The van der Waals surface area contributed by atoms with Crippen molar-refractivity contribution in [1.29, 1.82) is 0 Å². The van der Waals surface area contributed by atoms with Crippen molar-refractivity contribution in [2.45, 2.75) is 32.9 Å². The fraction of sp³-hybridized carbons (Fsp3) is 0.474. The molecule has 140 valence electrons. The minimum absolute atomic E-state index is 0.0375. The summed E-state index contributed by atoms with van der Waals surface area (Å²) in [6.45, 7) is 6.41. The maximum absolute atomic E-state index is 11.8. The summed E-state index contributed by atoms with van der Waals surface area (Å²) in [6.07, 6.45) is 2.41. The number of anilines is 2. The highest BCUT2D eigenvalue weighted by molar-refractivity contribution is 7.91. The van der Waals surface area contributed by atoms with Crippen molar-refractivity contribution in [3.8, 4) is 0 Å². The van der Waals surface area contributed by atoms with Crippen LogP contribution in [0.15, 0.2) is 42.6 Å². The van der Waals surface area contributed by atoms with Gasteiger partial charge < -0.3 is 9.80 Å². The molecule has 6 nitrogen and oxygen atoms in total. The van der Waals surface area contributed by atoms with Gasteiger partial charge in [-0.25, -0.2) is 13.4 Å². The first-order valence-electron chi connectivity index (χ1n) is 9.11. The Morgan fingerprint density at radius 1 is 1.12 bits per heavy atom. The molecule has 0 amide bonds. The van der Waals surface area contributed by atoms with E-state index in [4.69, 9.17) is 4.98 Å². The zero-order chi connectivity index (χ0) is 18.6. The van der Waals surface area contributed by atoms with Gasteiger partial charge in [-0.2, -0.15) is 4.98 Å². The van der Waals surface area contributed by atoms with Crippen molar-refractivity contribution >= 4 is 21.6 Å². The predicted molar refractivity (Wildman–Crippen MR) is 105 cm³/mol. The van der Waals surface area contributed by atoms with E-state index in [2.05, 4.69) is 28.9 Å². The summed E-state index contributed by atoms with van der Waals surface area (Å²) < 4.78 is 23.7. The molecule has 0 spiro atoms. The SMILES string of the molecule is CCN(Cc1ccccc1)c1ccnc(N(CC)C2CCS(=O)(=O)C2)n1. The summed E-state index contributed by atoms with van der Waals surface area (Å²) in [7, 11) is -2.94. The molecule has 2 aromatic rings. The van der Waals surface area contributed by atoms with Gasteiger partial charge in [-0.3, -0.25) is 0 Å². The monoisotopic (exact) mass is 374 g/mol. The molecule has 1 atom stereocenters. The number of rotatable bonds is 7. The number of benzene rings is 1. The molecule has 7 heteroatoms. The first kappa shape index (κ1) is 18.6. The lowest BCUT2D eigenvalue weighted by atomic mass is 10.2. The van der Waals surface area contributed by atoms with Gasteiger partial charge in [-0.15, -0.1) is 0 Å². The lowest BCUT2D eigenvalue weighted by Gasteiger charge is -2.28. The third kappa shape index (κ3) is 4.33. The predicted octanol–water partition coefficient (Wildman–Crippen LogP) is 2.52. The van der Waals surface area contributed by atoms with E-state index < -0.39 is 9.84 Å². The van der Waals surface area contributed by atoms with Crippen LogP contribution in [0.1, 0.15) is 25.8 Å². The van der Waals surface area contributed by atoms with Gasteiger partial charge in [-0.05, 0) is 31.9 Å². The summed E-state index contributed by atoms with van der Waals surface area (Å²) >= 11 is 0. The normalized spacial score (nSPS) is 18.6. The molecule has 0 N–H and O–H groups in total. The Balaban J connectivity index is 1.82. The van der Waals surface area contributed by atoms with Crippen molar-refractivity contribution in [1.82, 2.24) is 9.97 Å². The molecule has 3 rings (SSSR count). The van der Waals surface area contributed by atoms with Crippen molar-refractivity contribution in [3.63, 3.8) is 0 Å². The van der Waals surface area contributed by atoms with Crippen LogP contribution in [-0.2, 0) is 16.4 Å². The zero-order valence-electron chi connectivity index (χ0n) is 15.4. The molecule has 0 radical (unpaired) electrons. The zero-order valence-corrected chi connectivity index (χ0v) is 16.2. The van der Waals surface area contributed by atoms with E-state index in [1.807, 2.05) is 36.1 Å². The molecule has 2 heterocycles. The van der Waals surface area contributed by atoms with Crippen LogP contribution < -0.4 is 9.80 Å². The van der Waals surface area contributed by atoms with E-state index in [0.717, 1.165) is 18.9 Å². The molecule has 1 aliphatic rings. The molecule has 1 fully saturated rings. The van der Waals surface area contributed by atoms with Gasteiger partial charge in [0.05, 0.1) is 11.5 Å². The Hall–Kier alpha value is -2.15. The summed E-state index contributed by atoms with van der Waals surface area (Å²) in [5.41, 5.74) is 1.23. The van der Waals surface area contributed by atoms with Gasteiger partial charge >= 0.3 is 0 Å². The van der Waals surface area contributed by atoms with Crippen LogP contribution in [0.5, 0.6) is 0 Å². The maximum atomic E-state index is 11.8. The van der Waals surface area contributed by atoms with Crippen LogP contribution in [0.2, 0.25) is 0 Å². The highest BCUT2D eigenvalue weighted by atomic mass is 32.2. The van der Waals surface area contributed by atoms with E-state index in [9.17, 15) is 8.42 Å². The quantitative estimate of drug-likeness (QED) is 0.742. The van der Waals surface area contributed by atoms with Crippen LogP contribution >= 0.6 is 0 Å². The van der Waals surface area contributed by atoms with Crippen molar-refractivity contribution in [2.75, 3.05) is 34.4 Å². The van der Waals surface area contributed by atoms with Crippen molar-refractivity contribution in [3.05, 3.63) is 48.2 Å². The van der Waals surface area contributed by atoms with Gasteiger partial charge in [0, 0.05) is 31.9 Å². The molecule has 26 heavy (non-hydrogen) atoms. The second kappa shape index (κ2) is 8.03. The van der Waals surface area contributed by atoms with Crippen LogP contribution in [-0.4, -0.2) is 49.0 Å². The summed E-state index contributed by atoms with van der Waals surface area (Å²) in [5, 5.41) is 0. The number of hydrogen-bond donors (Lipinski definition) is 0. The average Bonchev–Trinajstić information content (AvgIpc) is 3.01. The average molecular weight is 375 g/mol. The molecular formula is C19H26N4O2S. The minimum atomic E-state index is -2.94. The summed E-state index contributed by atoms with van der Waals surface area (Å²) in [4.78, 5) is 13.4. The molecule has 1 aromatic carbocycles. The maximum Gasteiger partial charge on any atom is 0.227 e. The van der Waals surface area contributed by atoms with Gasteiger partial charge in [0.25, 0.3) is 0 Å². The Bertz CT molecular complexity index is 826. The van der Waals surface area contributed by atoms with Crippen LogP contribution in [0, 0.1) is 0 Å². The molecule has 1 unspecified atom stereocenters. The number of sulfone groups is 1. The van der Waals surface area contributed by atoms with Gasteiger partial charge in [0.15, 0.2) is 9.84 Å². The number of aromatic nitrogens is 2. The molecule has 1 aromatic heterocycles. The van der Waals surface area contributed by atoms with Crippen molar-refractivity contribution in [2.24, 2.45) is 0 Å². The fourth-order valence-corrected chi connectivity index (χ4v) is 5.13. The third-order valence-corrected chi connectivity index (χ3v) is 6.55. The fourth-order valence-electron chi connectivity index (χ4n) is 3.40. The lowest BCUT2D eigenvalue weighted by Crippen LogP contribution is -2.37. The van der Waals surface area contributed by atoms with E-state index in [0.29, 0.717) is 18.9 Å². The van der Waals surface area contributed by atoms with Gasteiger partial charge in [-0.1, -0.05) is 30.3 Å². The van der Waals surface area contributed by atoms with E-state index in [1.54, 1.807) is 6.20 Å². The molecule has 0 saturated carbocycles.